The second-order valence-electron chi connectivity index (χ2n) is 10.2. The van der Waals surface area contributed by atoms with Gasteiger partial charge in [0.15, 0.2) is 17.3 Å². The molecular weight excluding hydrogens is 535 g/mol. The zero-order valence-electron chi connectivity index (χ0n) is 24.6. The lowest BCUT2D eigenvalue weighted by molar-refractivity contribution is -0.118. The van der Waals surface area contributed by atoms with Gasteiger partial charge >= 0.3 is 0 Å². The van der Waals surface area contributed by atoms with Crippen LogP contribution in [0.25, 0.3) is 0 Å². The second kappa shape index (κ2) is 18.5. The van der Waals surface area contributed by atoms with Gasteiger partial charge in [-0.05, 0) is 112 Å². The smallest absolute Gasteiger partial charge is 0.217 e. The highest BCUT2D eigenvalue weighted by Crippen LogP contribution is 2.17. The van der Waals surface area contributed by atoms with Crippen LogP contribution in [0.15, 0.2) is 72.8 Å². The Balaban J connectivity index is 0.000000250. The lowest BCUT2D eigenvalue weighted by Gasteiger charge is -2.14. The van der Waals surface area contributed by atoms with Gasteiger partial charge in [0, 0.05) is 18.4 Å². The summed E-state index contributed by atoms with van der Waals surface area (Å²) in [4.78, 5) is 24.8. The van der Waals surface area contributed by atoms with Crippen LogP contribution in [0, 0.1) is 5.82 Å². The molecule has 0 radical (unpaired) electrons. The third-order valence-corrected chi connectivity index (χ3v) is 7.00. The SMILES string of the molecule is COc1ccc(C(=O)CCCCC(N)=O)cc1.Fc1ccccc1OCCOc1ccc(CCCN2CCCC2)cc1. The van der Waals surface area contributed by atoms with Crippen LogP contribution in [-0.4, -0.2) is 56.5 Å². The highest BCUT2D eigenvalue weighted by Gasteiger charge is 2.10. The normalized spacial score (nSPS) is 12.7. The number of carbonyl (C=O) groups is 2. The van der Waals surface area contributed by atoms with Crippen molar-refractivity contribution in [2.75, 3.05) is 40.0 Å². The standard InChI is InChI=1S/C21H26FNO2.C13H17NO3/c22-20-7-1-2-8-21(20)25-17-16-24-19-11-9-18(10-12-19)6-5-15-23-13-3-4-14-23;1-17-11-8-6-10(7-9-11)12(15)4-2-3-5-13(14)16/h1-2,7-12H,3-6,13-17H2;6-9H,2-5H2,1H3,(H2,14,16). The molecule has 3 aromatic rings. The molecule has 1 fully saturated rings. The zero-order valence-corrected chi connectivity index (χ0v) is 24.6. The van der Waals surface area contributed by atoms with E-state index in [1.54, 1.807) is 49.6 Å². The number of carbonyl (C=O) groups excluding carboxylic acids is 2. The summed E-state index contributed by atoms with van der Waals surface area (Å²) in [6.07, 6.45) is 7.16. The lowest BCUT2D eigenvalue weighted by atomic mass is 10.0. The first kappa shape index (κ1) is 32.6. The van der Waals surface area contributed by atoms with Crippen molar-refractivity contribution in [1.29, 1.82) is 0 Å². The minimum Gasteiger partial charge on any atom is -0.497 e. The number of ether oxygens (including phenoxy) is 3. The summed E-state index contributed by atoms with van der Waals surface area (Å²) in [7, 11) is 1.58. The highest BCUT2D eigenvalue weighted by molar-refractivity contribution is 5.96. The average molecular weight is 579 g/mol. The first-order chi connectivity index (χ1) is 20.4. The molecule has 4 rings (SSSR count). The van der Waals surface area contributed by atoms with Gasteiger partial charge in [-0.25, -0.2) is 4.39 Å². The van der Waals surface area contributed by atoms with E-state index in [0.29, 0.717) is 44.5 Å². The number of benzene rings is 3. The van der Waals surface area contributed by atoms with E-state index in [1.165, 1.54) is 50.5 Å². The van der Waals surface area contributed by atoms with E-state index in [2.05, 4.69) is 17.0 Å². The van der Waals surface area contributed by atoms with Crippen LogP contribution in [0.2, 0.25) is 0 Å². The molecule has 0 unspecified atom stereocenters. The molecule has 1 amide bonds. The van der Waals surface area contributed by atoms with Crippen molar-refractivity contribution in [3.8, 4) is 17.2 Å². The Labute approximate surface area is 248 Å². The van der Waals surface area contributed by atoms with Gasteiger partial charge in [0.2, 0.25) is 5.91 Å². The van der Waals surface area contributed by atoms with E-state index in [0.717, 1.165) is 17.9 Å². The van der Waals surface area contributed by atoms with E-state index in [-0.39, 0.29) is 23.3 Å². The molecule has 3 aromatic carbocycles. The van der Waals surface area contributed by atoms with Crippen molar-refractivity contribution in [1.82, 2.24) is 4.90 Å². The maximum atomic E-state index is 13.4. The van der Waals surface area contributed by atoms with Crippen LogP contribution in [0.1, 0.15) is 60.9 Å². The van der Waals surface area contributed by atoms with Crippen LogP contribution < -0.4 is 19.9 Å². The van der Waals surface area contributed by atoms with Gasteiger partial charge in [-0.3, -0.25) is 9.59 Å². The summed E-state index contributed by atoms with van der Waals surface area (Å²) in [5.74, 6) is 1.23. The van der Waals surface area contributed by atoms with Crippen LogP contribution in [-0.2, 0) is 11.2 Å². The van der Waals surface area contributed by atoms with Gasteiger partial charge < -0.3 is 24.8 Å². The number of primary amides is 1. The summed E-state index contributed by atoms with van der Waals surface area (Å²) in [6, 6.07) is 21.6. The number of hydrogen-bond acceptors (Lipinski definition) is 6. The summed E-state index contributed by atoms with van der Waals surface area (Å²) in [6.45, 7) is 4.44. The molecule has 226 valence electrons. The topological polar surface area (TPSA) is 91.1 Å². The number of amides is 1. The Morgan fingerprint density at radius 1 is 0.810 bits per heavy atom. The molecule has 1 heterocycles. The van der Waals surface area contributed by atoms with Crippen molar-refractivity contribution in [2.24, 2.45) is 5.73 Å². The fraction of sp³-hybridized carbons (Fsp3) is 0.412. The number of aryl methyl sites for hydroxylation is 1. The molecule has 1 aliphatic heterocycles. The Kier molecular flexibility index (Phi) is 14.4. The number of unbranched alkanes of at least 4 members (excludes halogenated alkanes) is 1. The van der Waals surface area contributed by atoms with Crippen LogP contribution >= 0.6 is 0 Å². The average Bonchev–Trinajstić information content (AvgIpc) is 3.53. The van der Waals surface area contributed by atoms with Crippen molar-refractivity contribution in [2.45, 2.75) is 51.4 Å². The Morgan fingerprint density at radius 2 is 1.45 bits per heavy atom. The summed E-state index contributed by atoms with van der Waals surface area (Å²) >= 11 is 0. The van der Waals surface area contributed by atoms with Crippen LogP contribution in [0.5, 0.6) is 17.2 Å². The maximum absolute atomic E-state index is 13.4. The molecule has 1 saturated heterocycles. The zero-order chi connectivity index (χ0) is 30.0. The maximum Gasteiger partial charge on any atom is 0.217 e. The number of hydrogen-bond donors (Lipinski definition) is 1. The number of rotatable bonds is 16. The third kappa shape index (κ3) is 12.3. The molecule has 7 nitrogen and oxygen atoms in total. The van der Waals surface area contributed by atoms with Crippen molar-refractivity contribution >= 4 is 11.7 Å². The number of methoxy groups -OCH3 is 1. The van der Waals surface area contributed by atoms with E-state index >= 15 is 0 Å². The first-order valence-electron chi connectivity index (χ1n) is 14.7. The van der Waals surface area contributed by atoms with Crippen LogP contribution in [0.3, 0.4) is 0 Å². The highest BCUT2D eigenvalue weighted by atomic mass is 19.1. The van der Waals surface area contributed by atoms with Gasteiger partial charge in [-0.2, -0.15) is 0 Å². The van der Waals surface area contributed by atoms with E-state index in [9.17, 15) is 14.0 Å². The lowest BCUT2D eigenvalue weighted by Crippen LogP contribution is -2.20. The number of halogens is 1. The fourth-order valence-electron chi connectivity index (χ4n) is 4.64. The minimum absolute atomic E-state index is 0.0807. The van der Waals surface area contributed by atoms with E-state index < -0.39 is 0 Å². The molecule has 42 heavy (non-hydrogen) atoms. The number of nitrogens with two attached hydrogens (primary N) is 1. The molecule has 0 saturated carbocycles. The van der Waals surface area contributed by atoms with Crippen molar-refractivity contribution < 1.29 is 28.2 Å². The molecule has 8 heteroatoms. The minimum atomic E-state index is -0.346. The molecular formula is C34H43FN2O5. The number of likely N-dealkylation sites (tertiary alicyclic amines) is 1. The quantitative estimate of drug-likeness (QED) is 0.160. The van der Waals surface area contributed by atoms with Crippen molar-refractivity contribution in [3.05, 3.63) is 89.7 Å². The van der Waals surface area contributed by atoms with Crippen molar-refractivity contribution in [3.63, 3.8) is 0 Å². The third-order valence-electron chi connectivity index (χ3n) is 7.00. The molecule has 0 spiro atoms. The molecule has 1 aliphatic rings. The van der Waals surface area contributed by atoms with E-state index in [4.69, 9.17) is 19.9 Å². The fourth-order valence-corrected chi connectivity index (χ4v) is 4.64. The molecule has 0 aromatic heterocycles. The number of Topliss-reactive ketones (excluding diaryl/α,β-unsaturated/α-hetero) is 1. The Bertz CT molecular complexity index is 1210. The van der Waals surface area contributed by atoms with E-state index in [1.807, 2.05) is 12.1 Å². The van der Waals surface area contributed by atoms with Crippen LogP contribution in [0.4, 0.5) is 4.39 Å². The predicted octanol–water partition coefficient (Wildman–Crippen LogP) is 6.24. The van der Waals surface area contributed by atoms with Gasteiger partial charge in [0.05, 0.1) is 7.11 Å². The van der Waals surface area contributed by atoms with Gasteiger partial charge in [0.25, 0.3) is 0 Å². The molecule has 0 atom stereocenters. The number of ketones is 1. The summed E-state index contributed by atoms with van der Waals surface area (Å²) < 4.78 is 29.5. The summed E-state index contributed by atoms with van der Waals surface area (Å²) in [5, 5.41) is 0. The summed E-state index contributed by atoms with van der Waals surface area (Å²) in [5.41, 5.74) is 7.03. The van der Waals surface area contributed by atoms with Gasteiger partial charge in [-0.15, -0.1) is 0 Å². The number of nitrogens with zero attached hydrogens (tertiary/aromatic N) is 1. The Morgan fingerprint density at radius 3 is 2.12 bits per heavy atom. The number of para-hydroxylation sites is 1. The Hall–Kier alpha value is -3.91. The monoisotopic (exact) mass is 578 g/mol. The van der Waals surface area contributed by atoms with Gasteiger partial charge in [-0.1, -0.05) is 24.3 Å². The largest absolute Gasteiger partial charge is 0.497 e. The molecule has 2 N–H and O–H groups in total. The second-order valence-corrected chi connectivity index (χ2v) is 10.2. The van der Waals surface area contributed by atoms with Gasteiger partial charge in [0.1, 0.15) is 24.7 Å². The molecule has 0 bridgehead atoms. The molecule has 0 aliphatic carbocycles. The predicted molar refractivity (Wildman–Crippen MR) is 163 cm³/mol. The first-order valence-corrected chi connectivity index (χ1v) is 14.7.